The van der Waals surface area contributed by atoms with Crippen LogP contribution in [0.1, 0.15) is 36.1 Å². The van der Waals surface area contributed by atoms with Crippen LogP contribution in [0.4, 0.5) is 0 Å². The van der Waals surface area contributed by atoms with E-state index in [0.717, 1.165) is 0 Å². The Morgan fingerprint density at radius 1 is 1.10 bits per heavy atom. The molecule has 0 amide bonds. The fraction of sp³-hybridized carbons (Fsp3) is 1.00. The third-order valence-electron chi connectivity index (χ3n) is 1.27. The second-order valence-electron chi connectivity index (χ2n) is 2.07. The van der Waals surface area contributed by atoms with Gasteiger partial charge in [-0.2, -0.15) is 0 Å². The van der Waals surface area contributed by atoms with E-state index >= 15 is 0 Å². The van der Waals surface area contributed by atoms with E-state index in [2.05, 4.69) is 0 Å². The lowest BCUT2D eigenvalue weighted by molar-refractivity contribution is 0.495. The molecule has 4 N–H and O–H groups in total. The lowest BCUT2D eigenvalue weighted by atomic mass is 10.1. The Bertz CT molecular complexity index is 44.5. The van der Waals surface area contributed by atoms with Gasteiger partial charge in [-0.05, 0) is 19.4 Å². The van der Waals surface area contributed by atoms with Crippen LogP contribution in [0.2, 0.25) is 0 Å². The molecular weight excluding hydrogens is 124 g/mol. The largest absolute Gasteiger partial charge is 0.330 e. The molecule has 0 aliphatic rings. The molecule has 0 spiro atoms. The number of nitrogens with two attached hydrogens (primary N) is 2. The average Bonchev–Trinajstić information content (AvgIpc) is 1.65. The fourth-order valence-electron chi connectivity index (χ4n) is 0.215. The predicted octanol–water partition coefficient (Wildman–Crippen LogP) is 1.84. The summed E-state index contributed by atoms with van der Waals surface area (Å²) in [5, 5.41) is 0. The van der Waals surface area contributed by atoms with Gasteiger partial charge in [0.1, 0.15) is 0 Å². The van der Waals surface area contributed by atoms with Gasteiger partial charge >= 0.3 is 0 Å². The van der Waals surface area contributed by atoms with Crippen LogP contribution in [0.5, 0.6) is 0 Å². The van der Waals surface area contributed by atoms with Gasteiger partial charge in [-0.15, -0.1) is 0 Å². The first-order valence-corrected chi connectivity index (χ1v) is 2.64. The van der Waals surface area contributed by atoms with Gasteiger partial charge in [-0.25, -0.2) is 0 Å². The monoisotopic (exact) mass is 150 g/mol. The van der Waals surface area contributed by atoms with E-state index in [9.17, 15) is 0 Å². The average molecular weight is 150 g/mol. The maximum absolute atomic E-state index is 5.47. The van der Waals surface area contributed by atoms with Crippen LogP contribution in [0.15, 0.2) is 0 Å². The first kappa shape index (κ1) is 22.5. The van der Waals surface area contributed by atoms with Gasteiger partial charge in [-0.3, -0.25) is 0 Å². The Morgan fingerprint density at radius 2 is 1.40 bits per heavy atom. The molecule has 10 heavy (non-hydrogen) atoms. The second kappa shape index (κ2) is 11.7. The normalized spacial score (nSPS) is 13.2. The molecule has 0 aliphatic heterocycles. The first-order valence-electron chi connectivity index (χ1n) is 2.64. The van der Waals surface area contributed by atoms with Crippen LogP contribution in [0.3, 0.4) is 0 Å². The zero-order chi connectivity index (χ0) is 5.86. The minimum Gasteiger partial charge on any atom is -0.330 e. The van der Waals surface area contributed by atoms with Crippen molar-refractivity contribution in [2.24, 2.45) is 17.4 Å². The highest BCUT2D eigenvalue weighted by Crippen LogP contribution is 1.93. The molecule has 0 aromatic rings. The van der Waals surface area contributed by atoms with Crippen LogP contribution in [0, 0.1) is 5.92 Å². The molecule has 68 valence electrons. The molecule has 0 aromatic carbocycles. The van der Waals surface area contributed by atoms with E-state index in [0.29, 0.717) is 12.5 Å². The molecule has 2 atom stereocenters. The van der Waals surface area contributed by atoms with Crippen molar-refractivity contribution in [3.05, 3.63) is 0 Å². The van der Waals surface area contributed by atoms with E-state index < -0.39 is 0 Å². The van der Waals surface area contributed by atoms with Crippen molar-refractivity contribution < 1.29 is 0 Å². The Labute approximate surface area is 67.0 Å². The third-order valence-corrected chi connectivity index (χ3v) is 1.27. The minimum atomic E-state index is 0. The highest BCUT2D eigenvalue weighted by atomic mass is 14.7. The van der Waals surface area contributed by atoms with E-state index in [1.54, 1.807) is 0 Å². The molecular formula is C8H26N2. The summed E-state index contributed by atoms with van der Waals surface area (Å²) in [6.45, 7) is 4.71. The van der Waals surface area contributed by atoms with Crippen molar-refractivity contribution in [3.8, 4) is 0 Å². The van der Waals surface area contributed by atoms with Gasteiger partial charge in [0.25, 0.3) is 0 Å². The second-order valence-corrected chi connectivity index (χ2v) is 2.07. The topological polar surface area (TPSA) is 52.0 Å². The van der Waals surface area contributed by atoms with E-state index in [-0.39, 0.29) is 28.3 Å². The standard InChI is InChI=1S/C5H14N2.3CH4/c1-4(3-6)5(2)7;;;/h4-5H,3,6-7H2,1-2H3;3*1H4. The van der Waals surface area contributed by atoms with Gasteiger partial charge in [0, 0.05) is 6.04 Å². The van der Waals surface area contributed by atoms with E-state index in [1.807, 2.05) is 13.8 Å². The predicted molar refractivity (Wildman–Crippen MR) is 52.1 cm³/mol. The number of hydrogen-bond acceptors (Lipinski definition) is 2. The molecule has 0 aromatic heterocycles. The van der Waals surface area contributed by atoms with Gasteiger partial charge in [0.05, 0.1) is 0 Å². The molecule has 0 heterocycles. The van der Waals surface area contributed by atoms with Crippen LogP contribution in [-0.4, -0.2) is 12.6 Å². The van der Waals surface area contributed by atoms with Gasteiger partial charge in [0.15, 0.2) is 0 Å². The number of rotatable bonds is 2. The first-order chi connectivity index (χ1) is 3.18. The molecule has 2 heteroatoms. The number of hydrogen-bond donors (Lipinski definition) is 2. The molecule has 0 radical (unpaired) electrons. The van der Waals surface area contributed by atoms with Crippen molar-refractivity contribution in [1.29, 1.82) is 0 Å². The summed E-state index contributed by atoms with van der Waals surface area (Å²) in [4.78, 5) is 0. The van der Waals surface area contributed by atoms with Gasteiger partial charge in [0.2, 0.25) is 0 Å². The molecule has 0 saturated heterocycles. The van der Waals surface area contributed by atoms with Crippen molar-refractivity contribution in [3.63, 3.8) is 0 Å². The zero-order valence-corrected chi connectivity index (χ0v) is 5.02. The summed E-state index contributed by atoms with van der Waals surface area (Å²) in [6.07, 6.45) is 0. The van der Waals surface area contributed by atoms with Gasteiger partial charge < -0.3 is 11.5 Å². The maximum Gasteiger partial charge on any atom is 0.00481 e. The molecule has 0 rings (SSSR count). The zero-order valence-electron chi connectivity index (χ0n) is 5.02. The molecule has 0 fully saturated rings. The Balaban J connectivity index is -0.0000000600. The SMILES string of the molecule is C.C.C.CC(N)C(C)CN. The van der Waals surface area contributed by atoms with E-state index in [1.165, 1.54) is 0 Å². The fourth-order valence-corrected chi connectivity index (χ4v) is 0.215. The molecule has 0 bridgehead atoms. The van der Waals surface area contributed by atoms with Crippen molar-refractivity contribution in [1.82, 2.24) is 0 Å². The lowest BCUT2D eigenvalue weighted by Crippen LogP contribution is -2.29. The molecule has 0 aliphatic carbocycles. The highest BCUT2D eigenvalue weighted by molar-refractivity contribution is 4.62. The van der Waals surface area contributed by atoms with E-state index in [4.69, 9.17) is 11.5 Å². The molecule has 2 unspecified atom stereocenters. The van der Waals surface area contributed by atoms with Crippen molar-refractivity contribution >= 4 is 0 Å². The third kappa shape index (κ3) is 10.8. The molecule has 2 nitrogen and oxygen atoms in total. The van der Waals surface area contributed by atoms with Crippen LogP contribution >= 0.6 is 0 Å². The highest BCUT2D eigenvalue weighted by Gasteiger charge is 2.01. The lowest BCUT2D eigenvalue weighted by Gasteiger charge is -2.10. The van der Waals surface area contributed by atoms with Crippen molar-refractivity contribution in [2.75, 3.05) is 6.54 Å². The Hall–Kier alpha value is -0.0800. The summed E-state index contributed by atoms with van der Waals surface area (Å²) in [5.74, 6) is 0.458. The Morgan fingerprint density at radius 3 is 1.40 bits per heavy atom. The summed E-state index contributed by atoms with van der Waals surface area (Å²) in [6, 6.07) is 0.241. The van der Waals surface area contributed by atoms with Crippen LogP contribution in [0.25, 0.3) is 0 Å². The minimum absolute atomic E-state index is 0. The summed E-state index contributed by atoms with van der Waals surface area (Å²) in [5.41, 5.74) is 10.8. The van der Waals surface area contributed by atoms with Crippen molar-refractivity contribution in [2.45, 2.75) is 42.2 Å². The summed E-state index contributed by atoms with van der Waals surface area (Å²) < 4.78 is 0. The molecule has 0 saturated carbocycles. The van der Waals surface area contributed by atoms with Gasteiger partial charge in [-0.1, -0.05) is 29.2 Å². The van der Waals surface area contributed by atoms with Crippen LogP contribution < -0.4 is 11.5 Å². The summed E-state index contributed by atoms with van der Waals surface area (Å²) in [7, 11) is 0. The maximum atomic E-state index is 5.47. The quantitative estimate of drug-likeness (QED) is 0.631. The Kier molecular flexibility index (Phi) is 26.3. The summed E-state index contributed by atoms with van der Waals surface area (Å²) >= 11 is 0. The van der Waals surface area contributed by atoms with Crippen LogP contribution in [-0.2, 0) is 0 Å². The smallest absolute Gasteiger partial charge is 0.00481 e.